The van der Waals surface area contributed by atoms with Gasteiger partial charge < -0.3 is 14.6 Å². The number of benzene rings is 3. The molecule has 1 aromatic heterocycles. The highest BCUT2D eigenvalue weighted by Gasteiger charge is 2.34. The number of carbonyl (C=O) groups excluding carboxylic acids is 1. The van der Waals surface area contributed by atoms with Crippen LogP contribution in [0.15, 0.2) is 83.3 Å². The molecule has 2 heterocycles. The molecule has 2 amide bonds. The quantitative estimate of drug-likeness (QED) is 0.447. The Morgan fingerprint density at radius 2 is 1.73 bits per heavy atom. The fourth-order valence-corrected chi connectivity index (χ4v) is 4.05. The predicted molar refractivity (Wildman–Crippen MR) is 124 cm³/mol. The van der Waals surface area contributed by atoms with E-state index in [2.05, 4.69) is 33.7 Å². The Morgan fingerprint density at radius 3 is 2.52 bits per heavy atom. The molecule has 1 aliphatic heterocycles. The summed E-state index contributed by atoms with van der Waals surface area (Å²) in [6, 6.07) is 26.5. The van der Waals surface area contributed by atoms with Crippen molar-refractivity contribution in [3.8, 4) is 28.7 Å². The van der Waals surface area contributed by atoms with Crippen molar-refractivity contribution in [3.05, 3.63) is 90.3 Å². The van der Waals surface area contributed by atoms with Crippen molar-refractivity contribution >= 4 is 11.7 Å². The first kappa shape index (κ1) is 20.5. The normalized spacial score (nSPS) is 15.2. The van der Waals surface area contributed by atoms with E-state index in [-0.39, 0.29) is 12.1 Å². The lowest BCUT2D eigenvalue weighted by atomic mass is 10.0. The largest absolute Gasteiger partial charge is 0.418 e. The molecule has 3 aromatic carbocycles. The summed E-state index contributed by atoms with van der Waals surface area (Å²) in [6.45, 7) is 0.595. The number of nitrogens with one attached hydrogen (secondary N) is 1. The van der Waals surface area contributed by atoms with Crippen molar-refractivity contribution in [1.29, 1.82) is 5.26 Å². The number of aromatic nitrogens is 2. The van der Waals surface area contributed by atoms with Crippen LogP contribution >= 0.6 is 0 Å². The molecule has 0 bridgehead atoms. The van der Waals surface area contributed by atoms with E-state index >= 15 is 0 Å². The third-order valence-electron chi connectivity index (χ3n) is 5.72. The van der Waals surface area contributed by atoms with Gasteiger partial charge in [-0.25, -0.2) is 4.79 Å². The van der Waals surface area contributed by atoms with E-state index in [1.807, 2.05) is 42.5 Å². The Kier molecular flexibility index (Phi) is 5.56. The average Bonchev–Trinajstić information content (AvgIpc) is 3.55. The monoisotopic (exact) mass is 435 g/mol. The average molecular weight is 435 g/mol. The highest BCUT2D eigenvalue weighted by Crippen LogP contribution is 2.33. The summed E-state index contributed by atoms with van der Waals surface area (Å²) in [6.07, 6.45) is 1.60. The zero-order chi connectivity index (χ0) is 22.6. The lowest BCUT2D eigenvalue weighted by Crippen LogP contribution is -2.34. The molecule has 0 spiro atoms. The Labute approximate surface area is 191 Å². The molecule has 7 nitrogen and oxygen atoms in total. The molecule has 4 aromatic rings. The molecule has 162 valence electrons. The number of urea groups is 1. The predicted octanol–water partition coefficient (Wildman–Crippen LogP) is 5.64. The van der Waals surface area contributed by atoms with E-state index in [4.69, 9.17) is 9.68 Å². The van der Waals surface area contributed by atoms with Crippen molar-refractivity contribution in [1.82, 2.24) is 15.1 Å². The van der Waals surface area contributed by atoms with Gasteiger partial charge in [0, 0.05) is 17.8 Å². The number of likely N-dealkylation sites (tertiary alicyclic amines) is 1. The van der Waals surface area contributed by atoms with Crippen molar-refractivity contribution in [2.75, 3.05) is 11.9 Å². The maximum absolute atomic E-state index is 12.9. The van der Waals surface area contributed by atoms with Crippen LogP contribution in [-0.2, 0) is 0 Å². The van der Waals surface area contributed by atoms with E-state index in [1.54, 1.807) is 29.2 Å². The number of nitrogens with zero attached hydrogens (tertiary/aromatic N) is 4. The number of anilines is 1. The summed E-state index contributed by atoms with van der Waals surface area (Å²) in [5, 5.41) is 20.4. The van der Waals surface area contributed by atoms with Gasteiger partial charge in [0.05, 0.1) is 11.6 Å². The first-order valence-electron chi connectivity index (χ1n) is 10.8. The Morgan fingerprint density at radius 1 is 0.970 bits per heavy atom. The van der Waals surface area contributed by atoms with Crippen LogP contribution in [0.5, 0.6) is 0 Å². The van der Waals surface area contributed by atoms with E-state index in [0.29, 0.717) is 29.6 Å². The van der Waals surface area contributed by atoms with Crippen molar-refractivity contribution in [2.45, 2.75) is 18.9 Å². The van der Waals surface area contributed by atoms with E-state index < -0.39 is 0 Å². The second kappa shape index (κ2) is 8.97. The standard InChI is InChI=1S/C26H21N5O2/c27-17-18-6-4-9-22(16-18)28-26(32)31-15-5-10-23(31)25-30-29-24(33-25)21-13-11-20(12-14-21)19-7-2-1-3-8-19/h1-4,6-9,11-14,16,23H,5,10,15H2,(H,28,32). The van der Waals surface area contributed by atoms with Gasteiger partial charge >= 0.3 is 6.03 Å². The molecule has 5 rings (SSSR count). The summed E-state index contributed by atoms with van der Waals surface area (Å²) < 4.78 is 5.98. The summed E-state index contributed by atoms with van der Waals surface area (Å²) >= 11 is 0. The lowest BCUT2D eigenvalue weighted by Gasteiger charge is -2.22. The van der Waals surface area contributed by atoms with Crippen LogP contribution in [0.25, 0.3) is 22.6 Å². The van der Waals surface area contributed by atoms with E-state index in [1.165, 1.54) is 0 Å². The SMILES string of the molecule is N#Cc1cccc(NC(=O)N2CCCC2c2nnc(-c3ccc(-c4ccccc4)cc3)o2)c1. The molecule has 1 unspecified atom stereocenters. The third kappa shape index (κ3) is 4.32. The van der Waals surface area contributed by atoms with Crippen LogP contribution < -0.4 is 5.32 Å². The van der Waals surface area contributed by atoms with Crippen molar-refractivity contribution in [3.63, 3.8) is 0 Å². The van der Waals surface area contributed by atoms with Crippen LogP contribution in [0.3, 0.4) is 0 Å². The maximum atomic E-state index is 12.9. The minimum absolute atomic E-state index is 0.250. The Hall–Kier alpha value is -4.44. The van der Waals surface area contributed by atoms with Gasteiger partial charge in [-0.05, 0) is 54.3 Å². The van der Waals surface area contributed by atoms with Gasteiger partial charge in [0.25, 0.3) is 0 Å². The van der Waals surface area contributed by atoms with Gasteiger partial charge in [-0.3, -0.25) is 0 Å². The summed E-state index contributed by atoms with van der Waals surface area (Å²) in [7, 11) is 0. The molecule has 7 heteroatoms. The van der Waals surface area contributed by atoms with Crippen LogP contribution in [0.1, 0.15) is 30.3 Å². The smallest absolute Gasteiger partial charge is 0.322 e. The maximum Gasteiger partial charge on any atom is 0.322 e. The van der Waals surface area contributed by atoms with Gasteiger partial charge in [-0.2, -0.15) is 5.26 Å². The highest BCUT2D eigenvalue weighted by molar-refractivity contribution is 5.90. The number of rotatable bonds is 4. The second-order valence-corrected chi connectivity index (χ2v) is 7.86. The Balaban J connectivity index is 1.31. The summed E-state index contributed by atoms with van der Waals surface area (Å²) in [5.74, 6) is 0.856. The van der Waals surface area contributed by atoms with Crippen LogP contribution in [0, 0.1) is 11.3 Å². The molecule has 1 fully saturated rings. The topological polar surface area (TPSA) is 95.1 Å². The number of amides is 2. The molecule has 1 aliphatic rings. The van der Waals surface area contributed by atoms with E-state index in [0.717, 1.165) is 29.5 Å². The van der Waals surface area contributed by atoms with Crippen molar-refractivity contribution < 1.29 is 9.21 Å². The highest BCUT2D eigenvalue weighted by atomic mass is 16.4. The number of carbonyl (C=O) groups is 1. The van der Waals surface area contributed by atoms with Crippen molar-refractivity contribution in [2.24, 2.45) is 0 Å². The van der Waals surface area contributed by atoms with Gasteiger partial charge in [0.15, 0.2) is 0 Å². The molecule has 0 saturated carbocycles. The first-order valence-corrected chi connectivity index (χ1v) is 10.8. The zero-order valence-electron chi connectivity index (χ0n) is 17.8. The number of hydrogen-bond acceptors (Lipinski definition) is 5. The Bertz CT molecular complexity index is 1310. The van der Waals surface area contributed by atoms with Gasteiger partial charge in [-0.15, -0.1) is 10.2 Å². The molecule has 0 radical (unpaired) electrons. The van der Waals surface area contributed by atoms with E-state index in [9.17, 15) is 4.79 Å². The van der Waals surface area contributed by atoms with Gasteiger partial charge in [0.2, 0.25) is 11.8 Å². The second-order valence-electron chi connectivity index (χ2n) is 7.86. The molecular formula is C26H21N5O2. The molecule has 1 saturated heterocycles. The lowest BCUT2D eigenvalue weighted by molar-refractivity contribution is 0.198. The van der Waals surface area contributed by atoms with Crippen LogP contribution in [0.2, 0.25) is 0 Å². The van der Waals surface area contributed by atoms with Gasteiger partial charge in [-0.1, -0.05) is 48.5 Å². The van der Waals surface area contributed by atoms with Crippen LogP contribution in [0.4, 0.5) is 10.5 Å². The first-order chi connectivity index (χ1) is 16.2. The fourth-order valence-electron chi connectivity index (χ4n) is 4.05. The molecule has 0 aliphatic carbocycles. The molecular weight excluding hydrogens is 414 g/mol. The third-order valence-corrected chi connectivity index (χ3v) is 5.72. The minimum atomic E-state index is -0.283. The fraction of sp³-hybridized carbons (Fsp3) is 0.154. The van der Waals surface area contributed by atoms with Crippen LogP contribution in [-0.4, -0.2) is 27.7 Å². The molecule has 1 N–H and O–H groups in total. The zero-order valence-corrected chi connectivity index (χ0v) is 17.8. The molecule has 33 heavy (non-hydrogen) atoms. The number of hydrogen-bond donors (Lipinski definition) is 1. The summed E-state index contributed by atoms with van der Waals surface area (Å²) in [5.41, 5.74) is 4.15. The van der Waals surface area contributed by atoms with Gasteiger partial charge in [0.1, 0.15) is 6.04 Å². The molecule has 1 atom stereocenters. The number of nitriles is 1. The summed E-state index contributed by atoms with van der Waals surface area (Å²) in [4.78, 5) is 14.6. The minimum Gasteiger partial charge on any atom is -0.418 e.